The minimum atomic E-state index is -1.77. The first kappa shape index (κ1) is 36.6. The molecule has 262 valence electrons. The molecule has 0 spiro atoms. The van der Waals surface area contributed by atoms with Crippen molar-refractivity contribution in [2.45, 2.75) is 129 Å². The van der Waals surface area contributed by atoms with Crippen LogP contribution in [0.5, 0.6) is 0 Å². The lowest BCUT2D eigenvalue weighted by Crippen LogP contribution is -2.71. The third-order valence-electron chi connectivity index (χ3n) is 9.00. The van der Waals surface area contributed by atoms with Crippen LogP contribution in [0.1, 0.15) is 25.7 Å². The molecule has 15 atom stereocenters. The van der Waals surface area contributed by atoms with Crippen LogP contribution in [0.4, 0.5) is 0 Å². The zero-order valence-corrected chi connectivity index (χ0v) is 24.7. The molecule has 19 nitrogen and oxygen atoms in total. The van der Waals surface area contributed by atoms with Crippen molar-refractivity contribution in [3.63, 3.8) is 0 Å². The monoisotopic (exact) mass is 655 g/mol. The molecule has 2 aliphatic heterocycles. The molecule has 0 bridgehead atoms. The standard InChI is InChI=1S/C26H49N5O14/c27-9-5-26(41,6-9)25(40)31-11-4-10(28)21(20(39)22(11)45-23-17(36)14(29)15(34)13(8-33)43-23)44-24-19(38)18(37)16(35)12(42-24)7-30-2-1-3-32/h9-24,30,32-39,41H,1-8,27-29H2,(H,31,40)/t9?,10-,11+,12+,13+,14-,15+,16+,17+,18-,19+,20-,21+,22-,23+,24+,26?/m0/s1. The summed E-state index contributed by atoms with van der Waals surface area (Å²) in [6.07, 6.45) is -17.9. The Hall–Kier alpha value is -1.21. The molecule has 2 aliphatic carbocycles. The second kappa shape index (κ2) is 15.3. The molecule has 1 amide bonds. The maximum atomic E-state index is 13.0. The topological polar surface area (TPSA) is 338 Å². The Bertz CT molecular complexity index is 965. The minimum Gasteiger partial charge on any atom is -0.396 e. The average molecular weight is 656 g/mol. The van der Waals surface area contributed by atoms with Gasteiger partial charge in [-0.1, -0.05) is 0 Å². The Balaban J connectivity index is 1.53. The second-order valence-corrected chi connectivity index (χ2v) is 12.5. The number of hydrogen-bond acceptors (Lipinski definition) is 18. The molecule has 0 unspecified atom stereocenters. The van der Waals surface area contributed by atoms with E-state index in [1.54, 1.807) is 0 Å². The first-order chi connectivity index (χ1) is 21.2. The highest BCUT2D eigenvalue weighted by atomic mass is 16.7. The van der Waals surface area contributed by atoms with Crippen LogP contribution < -0.4 is 27.8 Å². The molecule has 2 saturated heterocycles. The maximum Gasteiger partial charge on any atom is 0.252 e. The molecule has 0 radical (unpaired) electrons. The van der Waals surface area contributed by atoms with Crippen LogP contribution in [0.15, 0.2) is 0 Å². The molecule has 4 rings (SSSR count). The minimum absolute atomic E-state index is 0.00605. The molecule has 0 aromatic carbocycles. The first-order valence-electron chi connectivity index (χ1n) is 15.1. The fourth-order valence-corrected chi connectivity index (χ4v) is 6.22. The quantitative estimate of drug-likeness (QED) is 0.0868. The number of aliphatic hydroxyl groups excluding tert-OH is 8. The van der Waals surface area contributed by atoms with E-state index < -0.39 is 110 Å². The van der Waals surface area contributed by atoms with Crippen molar-refractivity contribution in [3.05, 3.63) is 0 Å². The summed E-state index contributed by atoms with van der Waals surface area (Å²) in [5.41, 5.74) is 16.3. The van der Waals surface area contributed by atoms with Gasteiger partial charge in [-0.05, 0) is 19.4 Å². The van der Waals surface area contributed by atoms with Gasteiger partial charge in [0.25, 0.3) is 5.91 Å². The number of ether oxygens (including phenoxy) is 4. The number of nitrogens with one attached hydrogen (secondary N) is 2. The highest BCUT2D eigenvalue weighted by Crippen LogP contribution is 2.34. The summed E-state index contributed by atoms with van der Waals surface area (Å²) in [6.45, 7) is -0.357. The highest BCUT2D eigenvalue weighted by Gasteiger charge is 2.54. The number of carbonyl (C=O) groups is 1. The van der Waals surface area contributed by atoms with Crippen LogP contribution in [-0.2, 0) is 23.7 Å². The van der Waals surface area contributed by atoms with E-state index >= 15 is 0 Å². The van der Waals surface area contributed by atoms with Crippen LogP contribution in [0.25, 0.3) is 0 Å². The summed E-state index contributed by atoms with van der Waals surface area (Å²) in [4.78, 5) is 13.0. The average Bonchev–Trinajstić information content (AvgIpc) is 2.99. The van der Waals surface area contributed by atoms with Gasteiger partial charge in [0.15, 0.2) is 12.6 Å². The van der Waals surface area contributed by atoms with Gasteiger partial charge in [0.2, 0.25) is 0 Å². The van der Waals surface area contributed by atoms with E-state index in [-0.39, 0.29) is 38.5 Å². The van der Waals surface area contributed by atoms with Gasteiger partial charge in [-0.15, -0.1) is 0 Å². The lowest BCUT2D eigenvalue weighted by molar-refractivity contribution is -0.333. The summed E-state index contributed by atoms with van der Waals surface area (Å²) in [5, 5.41) is 98.8. The number of nitrogens with two attached hydrogens (primary N) is 3. The lowest BCUT2D eigenvalue weighted by Gasteiger charge is -2.49. The van der Waals surface area contributed by atoms with E-state index in [9.17, 15) is 45.6 Å². The Morgan fingerprint density at radius 1 is 0.822 bits per heavy atom. The van der Waals surface area contributed by atoms with Gasteiger partial charge >= 0.3 is 0 Å². The number of hydrogen-bond donors (Lipinski definition) is 14. The fourth-order valence-electron chi connectivity index (χ4n) is 6.22. The predicted octanol–water partition coefficient (Wildman–Crippen LogP) is -8.27. The molecule has 4 fully saturated rings. The second-order valence-electron chi connectivity index (χ2n) is 12.5. The van der Waals surface area contributed by atoms with Gasteiger partial charge in [-0.2, -0.15) is 0 Å². The largest absolute Gasteiger partial charge is 0.396 e. The van der Waals surface area contributed by atoms with Crippen molar-refractivity contribution in [1.82, 2.24) is 10.6 Å². The Labute approximate surface area is 259 Å². The van der Waals surface area contributed by atoms with Crippen LogP contribution in [0.2, 0.25) is 0 Å². The first-order valence-corrected chi connectivity index (χ1v) is 15.1. The van der Waals surface area contributed by atoms with E-state index in [0.29, 0.717) is 13.0 Å². The zero-order chi connectivity index (χ0) is 33.2. The summed E-state index contributed by atoms with van der Waals surface area (Å²) in [5.74, 6) is -0.799. The van der Waals surface area contributed by atoms with E-state index in [1.165, 1.54) is 0 Å². The Morgan fingerprint density at radius 3 is 2.07 bits per heavy atom. The number of amides is 1. The molecule has 0 aromatic rings. The molecule has 45 heavy (non-hydrogen) atoms. The van der Waals surface area contributed by atoms with Crippen molar-refractivity contribution in [2.24, 2.45) is 17.2 Å². The van der Waals surface area contributed by atoms with Crippen molar-refractivity contribution >= 4 is 5.91 Å². The van der Waals surface area contributed by atoms with Crippen molar-refractivity contribution < 1.29 is 69.7 Å². The van der Waals surface area contributed by atoms with E-state index in [2.05, 4.69) is 10.6 Å². The zero-order valence-electron chi connectivity index (χ0n) is 24.7. The Morgan fingerprint density at radius 2 is 1.44 bits per heavy atom. The predicted molar refractivity (Wildman–Crippen MR) is 149 cm³/mol. The molecule has 4 aliphatic rings. The molecule has 17 N–H and O–H groups in total. The van der Waals surface area contributed by atoms with Gasteiger partial charge < -0.3 is 92.7 Å². The highest BCUT2D eigenvalue weighted by molar-refractivity contribution is 5.86. The maximum absolute atomic E-state index is 13.0. The molecule has 0 aromatic heterocycles. The molecule has 19 heteroatoms. The van der Waals surface area contributed by atoms with Crippen LogP contribution >= 0.6 is 0 Å². The van der Waals surface area contributed by atoms with Crippen molar-refractivity contribution in [3.8, 4) is 0 Å². The van der Waals surface area contributed by atoms with Gasteiger partial charge in [-0.3, -0.25) is 4.79 Å². The van der Waals surface area contributed by atoms with Crippen molar-refractivity contribution in [1.29, 1.82) is 0 Å². The summed E-state index contributed by atoms with van der Waals surface area (Å²) < 4.78 is 23.0. The third kappa shape index (κ3) is 7.92. The van der Waals surface area contributed by atoms with E-state index in [4.69, 9.17) is 41.3 Å². The number of rotatable bonds is 12. The third-order valence-corrected chi connectivity index (χ3v) is 9.00. The molecule has 2 heterocycles. The summed E-state index contributed by atoms with van der Waals surface area (Å²) >= 11 is 0. The van der Waals surface area contributed by atoms with Crippen LogP contribution in [0, 0.1) is 0 Å². The lowest BCUT2D eigenvalue weighted by atomic mass is 9.75. The summed E-state index contributed by atoms with van der Waals surface area (Å²) in [6, 6.07) is -3.87. The van der Waals surface area contributed by atoms with Gasteiger partial charge in [0.1, 0.15) is 66.6 Å². The van der Waals surface area contributed by atoms with Crippen LogP contribution in [-0.4, -0.2) is 182 Å². The van der Waals surface area contributed by atoms with Gasteiger partial charge in [0, 0.05) is 38.1 Å². The van der Waals surface area contributed by atoms with Crippen molar-refractivity contribution in [2.75, 3.05) is 26.3 Å². The molecule has 2 saturated carbocycles. The number of carbonyl (C=O) groups excluding carboxylic acids is 1. The van der Waals surface area contributed by atoms with E-state index in [1.807, 2.05) is 0 Å². The van der Waals surface area contributed by atoms with Gasteiger partial charge in [0.05, 0.1) is 18.7 Å². The summed E-state index contributed by atoms with van der Waals surface area (Å²) in [7, 11) is 0. The normalized spacial score (nSPS) is 48.9. The van der Waals surface area contributed by atoms with Crippen LogP contribution in [0.3, 0.4) is 0 Å². The van der Waals surface area contributed by atoms with Gasteiger partial charge in [-0.25, -0.2) is 0 Å². The molecular formula is C26H49N5O14. The smallest absolute Gasteiger partial charge is 0.252 e. The van der Waals surface area contributed by atoms with E-state index in [0.717, 1.165) is 0 Å². The SMILES string of the molecule is NC1CC(O)(C(=O)N[C@@H]2C[C@H](N)[C@@H](O[C@H]3O[C@H](CNCCCO)[C@@H](O)[C@H](O)[C@H]3O)[C@H](O)[C@H]2O[C@H]2O[C@H](CO)[C@@H](O)[C@H](N)[C@H]2O)C1. The Kier molecular flexibility index (Phi) is 12.5. The fraction of sp³-hybridized carbons (Fsp3) is 0.962. The number of aliphatic hydroxyl groups is 9. The molecular weight excluding hydrogens is 606 g/mol.